The molecule has 0 saturated carbocycles. The van der Waals surface area contributed by atoms with Gasteiger partial charge in [0.25, 0.3) is 5.91 Å². The van der Waals surface area contributed by atoms with E-state index in [1.165, 1.54) is 30.3 Å². The lowest BCUT2D eigenvalue weighted by Gasteiger charge is -2.12. The van der Waals surface area contributed by atoms with E-state index in [0.29, 0.717) is 11.1 Å². The fourth-order valence-electron chi connectivity index (χ4n) is 2.88. The summed E-state index contributed by atoms with van der Waals surface area (Å²) in [5, 5.41) is 21.2. The van der Waals surface area contributed by atoms with Crippen LogP contribution in [0.2, 0.25) is 0 Å². The molecule has 0 aliphatic carbocycles. The van der Waals surface area contributed by atoms with Crippen LogP contribution in [-0.4, -0.2) is 36.9 Å². The fourth-order valence-corrected chi connectivity index (χ4v) is 3.99. The average molecular weight is 444 g/mol. The number of aromatic hydroxyl groups is 1. The van der Waals surface area contributed by atoms with Gasteiger partial charge in [0.05, 0.1) is 11.4 Å². The smallest absolute Gasteiger partial charge is 0.255 e. The van der Waals surface area contributed by atoms with Crippen molar-refractivity contribution in [2.45, 2.75) is 6.42 Å². The highest BCUT2D eigenvalue weighted by Crippen LogP contribution is 2.28. The summed E-state index contributed by atoms with van der Waals surface area (Å²) in [7, 11) is -3.79. The zero-order chi connectivity index (χ0) is 22.4. The molecule has 4 N–H and O–H groups in total. The van der Waals surface area contributed by atoms with Crippen LogP contribution in [0, 0.1) is 5.82 Å². The van der Waals surface area contributed by atoms with Crippen molar-refractivity contribution in [2.24, 2.45) is 0 Å². The van der Waals surface area contributed by atoms with E-state index in [9.17, 15) is 22.7 Å². The lowest BCUT2D eigenvalue weighted by Crippen LogP contribution is -2.18. The molecular weight excluding hydrogens is 423 g/mol. The number of carbonyl (C=O) groups excluding carboxylic acids is 1. The number of phenolic OH excluding ortho intramolecular Hbond substituents is 1. The normalized spacial score (nSPS) is 11.2. The lowest BCUT2D eigenvalue weighted by molar-refractivity contribution is 0.102. The van der Waals surface area contributed by atoms with Gasteiger partial charge < -0.3 is 15.5 Å². The molecule has 0 aromatic heterocycles. The van der Waals surface area contributed by atoms with Crippen LogP contribution in [0.25, 0.3) is 11.1 Å². The molecule has 3 aromatic carbocycles. The molecule has 0 spiro atoms. The van der Waals surface area contributed by atoms with Gasteiger partial charge in [-0.3, -0.25) is 9.52 Å². The molecule has 0 aliphatic heterocycles. The average Bonchev–Trinajstić information content (AvgIpc) is 2.75. The van der Waals surface area contributed by atoms with Gasteiger partial charge in [0.15, 0.2) is 0 Å². The maximum atomic E-state index is 14.5. The van der Waals surface area contributed by atoms with Gasteiger partial charge in [0.2, 0.25) is 10.0 Å². The first-order chi connectivity index (χ1) is 14.8. The van der Waals surface area contributed by atoms with Crippen molar-refractivity contribution in [3.05, 3.63) is 78.1 Å². The van der Waals surface area contributed by atoms with E-state index in [2.05, 4.69) is 10.0 Å². The molecule has 0 heterocycles. The molecule has 0 radical (unpaired) electrons. The molecule has 3 aromatic rings. The Hall–Kier alpha value is -3.43. The van der Waals surface area contributed by atoms with Gasteiger partial charge in [-0.25, -0.2) is 12.8 Å². The Balaban J connectivity index is 1.77. The third-order valence-electron chi connectivity index (χ3n) is 4.41. The van der Waals surface area contributed by atoms with Crippen molar-refractivity contribution in [1.82, 2.24) is 0 Å². The second kappa shape index (κ2) is 9.59. The van der Waals surface area contributed by atoms with Crippen LogP contribution in [0.3, 0.4) is 0 Å². The lowest BCUT2D eigenvalue weighted by atomic mass is 10.0. The minimum atomic E-state index is -3.79. The van der Waals surface area contributed by atoms with Crippen molar-refractivity contribution >= 4 is 27.3 Å². The second-order valence-electron chi connectivity index (χ2n) is 6.74. The van der Waals surface area contributed by atoms with Crippen LogP contribution in [0.5, 0.6) is 5.75 Å². The number of aliphatic hydroxyl groups excluding tert-OH is 1. The summed E-state index contributed by atoms with van der Waals surface area (Å²) in [6, 6.07) is 16.9. The van der Waals surface area contributed by atoms with E-state index in [0.717, 1.165) is 6.07 Å². The van der Waals surface area contributed by atoms with E-state index in [4.69, 9.17) is 5.11 Å². The van der Waals surface area contributed by atoms with Crippen LogP contribution in [-0.2, 0) is 10.0 Å². The highest BCUT2D eigenvalue weighted by atomic mass is 32.2. The van der Waals surface area contributed by atoms with E-state index in [1.807, 2.05) is 6.07 Å². The van der Waals surface area contributed by atoms with Crippen molar-refractivity contribution in [3.63, 3.8) is 0 Å². The maximum Gasteiger partial charge on any atom is 0.255 e. The highest BCUT2D eigenvalue weighted by molar-refractivity contribution is 7.92. The summed E-state index contributed by atoms with van der Waals surface area (Å²) >= 11 is 0. The minimum absolute atomic E-state index is 0.0388. The Morgan fingerprint density at radius 1 is 1.00 bits per heavy atom. The summed E-state index contributed by atoms with van der Waals surface area (Å²) in [4.78, 5) is 12.5. The summed E-state index contributed by atoms with van der Waals surface area (Å²) in [6.45, 7) is -0.289. The van der Waals surface area contributed by atoms with Gasteiger partial charge in [-0.15, -0.1) is 0 Å². The molecule has 0 atom stereocenters. The molecular formula is C22H21FN2O5S. The second-order valence-corrected chi connectivity index (χ2v) is 8.59. The topological polar surface area (TPSA) is 116 Å². The first kappa shape index (κ1) is 22.3. The van der Waals surface area contributed by atoms with Crippen molar-refractivity contribution < 1.29 is 27.8 Å². The van der Waals surface area contributed by atoms with Crippen LogP contribution in [0.4, 0.5) is 15.8 Å². The largest absolute Gasteiger partial charge is 0.506 e. The van der Waals surface area contributed by atoms with Crippen molar-refractivity contribution in [3.8, 4) is 16.9 Å². The van der Waals surface area contributed by atoms with Gasteiger partial charge >= 0.3 is 0 Å². The van der Waals surface area contributed by atoms with E-state index < -0.39 is 21.7 Å². The van der Waals surface area contributed by atoms with Gasteiger partial charge in [0.1, 0.15) is 11.6 Å². The Bertz CT molecular complexity index is 1180. The number of carbonyl (C=O) groups is 1. The monoisotopic (exact) mass is 444 g/mol. The molecule has 0 unspecified atom stereocenters. The van der Waals surface area contributed by atoms with E-state index in [-0.39, 0.29) is 41.5 Å². The van der Waals surface area contributed by atoms with Gasteiger partial charge in [-0.05, 0) is 42.3 Å². The summed E-state index contributed by atoms with van der Waals surface area (Å²) < 4.78 is 40.7. The summed E-state index contributed by atoms with van der Waals surface area (Å²) in [6.07, 6.45) is 0.0388. The quantitative estimate of drug-likeness (QED) is 0.313. The molecule has 0 bridgehead atoms. The molecule has 162 valence electrons. The minimum Gasteiger partial charge on any atom is -0.506 e. The number of hydrogen-bond donors (Lipinski definition) is 4. The van der Waals surface area contributed by atoms with Gasteiger partial charge in [-0.1, -0.05) is 36.4 Å². The third kappa shape index (κ3) is 5.80. The fraction of sp³-hybridized carbons (Fsp3) is 0.136. The molecule has 31 heavy (non-hydrogen) atoms. The third-order valence-corrected chi connectivity index (χ3v) is 5.76. The molecule has 0 fully saturated rings. The summed E-state index contributed by atoms with van der Waals surface area (Å²) in [5.74, 6) is -1.81. The molecule has 0 aliphatic rings. The Morgan fingerprint density at radius 2 is 1.74 bits per heavy atom. The van der Waals surface area contributed by atoms with Crippen LogP contribution < -0.4 is 10.0 Å². The van der Waals surface area contributed by atoms with E-state index >= 15 is 0 Å². The van der Waals surface area contributed by atoms with Gasteiger partial charge in [-0.2, -0.15) is 0 Å². The predicted octanol–water partition coefficient (Wildman–Crippen LogP) is 3.57. The maximum absolute atomic E-state index is 14.5. The van der Waals surface area contributed by atoms with Crippen molar-refractivity contribution in [1.29, 1.82) is 0 Å². The number of benzene rings is 3. The van der Waals surface area contributed by atoms with E-state index in [1.54, 1.807) is 24.3 Å². The highest BCUT2D eigenvalue weighted by Gasteiger charge is 2.15. The first-order valence-electron chi connectivity index (χ1n) is 9.40. The molecule has 7 nitrogen and oxygen atoms in total. The number of amides is 1. The zero-order valence-corrected chi connectivity index (χ0v) is 17.2. The number of halogens is 1. The number of rotatable bonds is 8. The molecule has 9 heteroatoms. The van der Waals surface area contributed by atoms with Gasteiger partial charge in [0, 0.05) is 23.4 Å². The Morgan fingerprint density at radius 3 is 2.42 bits per heavy atom. The standard InChI is InChI=1S/C22H21FN2O5S/c23-19-13-16(7-9-18(19)15-5-2-1-3-6-15)22(28)24-17-8-10-21(27)20(14-17)25-31(29,30)12-4-11-26/h1-3,5-10,13-14,25-27H,4,11-12H2,(H,24,28). The van der Waals surface area contributed by atoms with Crippen LogP contribution in [0.1, 0.15) is 16.8 Å². The SMILES string of the molecule is O=C(Nc1ccc(O)c(NS(=O)(=O)CCCO)c1)c1ccc(-c2ccccc2)c(F)c1. The number of anilines is 2. The Labute approximate surface area is 179 Å². The predicted molar refractivity (Wildman–Crippen MR) is 117 cm³/mol. The number of sulfonamides is 1. The molecule has 1 amide bonds. The molecule has 3 rings (SSSR count). The molecule has 0 saturated heterocycles. The number of phenols is 1. The zero-order valence-electron chi connectivity index (χ0n) is 16.4. The number of aliphatic hydroxyl groups is 1. The number of nitrogens with one attached hydrogen (secondary N) is 2. The first-order valence-corrected chi connectivity index (χ1v) is 11.0. The number of hydrogen-bond acceptors (Lipinski definition) is 5. The van der Waals surface area contributed by atoms with Crippen molar-refractivity contribution in [2.75, 3.05) is 22.4 Å². The Kier molecular flexibility index (Phi) is 6.88. The summed E-state index contributed by atoms with van der Waals surface area (Å²) in [5.41, 5.74) is 1.21. The van der Waals surface area contributed by atoms with Crippen LogP contribution in [0.15, 0.2) is 66.7 Å². The van der Waals surface area contributed by atoms with Crippen LogP contribution >= 0.6 is 0 Å².